The van der Waals surface area contributed by atoms with Crippen molar-refractivity contribution in [2.45, 2.75) is 6.92 Å². The van der Waals surface area contributed by atoms with Crippen molar-refractivity contribution >= 4 is 45.0 Å². The molecule has 0 aromatic heterocycles. The number of nitrogens with zero attached hydrogens (tertiary/aromatic N) is 1. The van der Waals surface area contributed by atoms with Crippen molar-refractivity contribution in [3.8, 4) is 5.75 Å². The molecule has 0 unspecified atom stereocenters. The van der Waals surface area contributed by atoms with Gasteiger partial charge >= 0.3 is 0 Å². The number of anilines is 1. The first-order valence-electron chi connectivity index (χ1n) is 7.63. The molecule has 2 rings (SSSR count). The van der Waals surface area contributed by atoms with E-state index in [1.54, 1.807) is 36.4 Å². The van der Waals surface area contributed by atoms with E-state index < -0.39 is 0 Å². The number of hydrogen-bond acceptors (Lipinski definition) is 3. The van der Waals surface area contributed by atoms with Crippen molar-refractivity contribution in [2.24, 2.45) is 0 Å². The number of carbonyl (C=O) groups is 2. The van der Waals surface area contributed by atoms with Gasteiger partial charge in [0, 0.05) is 16.0 Å². The van der Waals surface area contributed by atoms with Crippen molar-refractivity contribution in [1.29, 1.82) is 0 Å². The van der Waals surface area contributed by atoms with Crippen molar-refractivity contribution < 1.29 is 14.3 Å². The van der Waals surface area contributed by atoms with Crippen LogP contribution < -0.4 is 10.1 Å². The summed E-state index contributed by atoms with van der Waals surface area (Å²) in [4.78, 5) is 26.5. The molecule has 0 aliphatic carbocycles. The average molecular weight is 426 g/mol. The molecule has 0 heterocycles. The summed E-state index contributed by atoms with van der Waals surface area (Å²) < 4.78 is 5.84. The monoisotopic (exact) mass is 424 g/mol. The van der Waals surface area contributed by atoms with Crippen LogP contribution in [0.15, 0.2) is 46.9 Å². The van der Waals surface area contributed by atoms with Gasteiger partial charge < -0.3 is 15.0 Å². The second-order valence-electron chi connectivity index (χ2n) is 5.19. The molecule has 0 spiro atoms. The second-order valence-corrected chi connectivity index (χ2v) is 6.48. The van der Waals surface area contributed by atoms with Crippen molar-refractivity contribution in [2.75, 3.05) is 25.5 Å². The number of rotatable bonds is 6. The van der Waals surface area contributed by atoms with Gasteiger partial charge in [0.1, 0.15) is 12.3 Å². The molecule has 0 aliphatic rings. The SMILES string of the molecule is CCN(CC(=O)Nc1ccccc1OC)C(=O)c1cc(Cl)ccc1Br. The smallest absolute Gasteiger partial charge is 0.255 e. The van der Waals surface area contributed by atoms with Gasteiger partial charge in [-0.15, -0.1) is 0 Å². The first kappa shape index (κ1) is 19.3. The number of halogens is 2. The minimum atomic E-state index is -0.308. The van der Waals surface area contributed by atoms with Crippen molar-refractivity contribution in [3.05, 3.63) is 57.5 Å². The molecule has 2 aromatic rings. The average Bonchev–Trinajstić information content (AvgIpc) is 2.61. The number of amides is 2. The summed E-state index contributed by atoms with van der Waals surface area (Å²) in [5, 5.41) is 3.22. The summed E-state index contributed by atoms with van der Waals surface area (Å²) in [5.41, 5.74) is 0.974. The summed E-state index contributed by atoms with van der Waals surface area (Å²) >= 11 is 9.31. The molecule has 2 aromatic carbocycles. The molecule has 2 amide bonds. The fourth-order valence-electron chi connectivity index (χ4n) is 2.27. The van der Waals surface area contributed by atoms with Gasteiger partial charge in [0.05, 0.1) is 18.4 Å². The van der Waals surface area contributed by atoms with Crippen LogP contribution in [0.5, 0.6) is 5.75 Å². The minimum absolute atomic E-state index is 0.0770. The topological polar surface area (TPSA) is 58.6 Å². The Hall–Kier alpha value is -2.05. The third kappa shape index (κ3) is 4.96. The maximum absolute atomic E-state index is 12.7. The Bertz CT molecular complexity index is 783. The number of nitrogens with one attached hydrogen (secondary N) is 1. The third-order valence-corrected chi connectivity index (χ3v) is 4.47. The number of methoxy groups -OCH3 is 1. The molecule has 25 heavy (non-hydrogen) atoms. The summed E-state index contributed by atoms with van der Waals surface area (Å²) in [6.07, 6.45) is 0. The van der Waals surface area contributed by atoms with Gasteiger partial charge in [-0.2, -0.15) is 0 Å². The van der Waals surface area contributed by atoms with E-state index in [0.29, 0.717) is 33.0 Å². The van der Waals surface area contributed by atoms with Crippen LogP contribution >= 0.6 is 27.5 Å². The minimum Gasteiger partial charge on any atom is -0.495 e. The maximum Gasteiger partial charge on any atom is 0.255 e. The van der Waals surface area contributed by atoms with E-state index in [9.17, 15) is 9.59 Å². The molecule has 0 atom stereocenters. The van der Waals surface area contributed by atoms with Gasteiger partial charge in [-0.25, -0.2) is 0 Å². The van der Waals surface area contributed by atoms with Gasteiger partial charge in [-0.1, -0.05) is 23.7 Å². The van der Waals surface area contributed by atoms with E-state index in [0.717, 1.165) is 0 Å². The highest BCUT2D eigenvalue weighted by molar-refractivity contribution is 9.10. The van der Waals surface area contributed by atoms with Gasteiger partial charge in [-0.05, 0) is 53.2 Å². The van der Waals surface area contributed by atoms with Crippen molar-refractivity contribution in [3.63, 3.8) is 0 Å². The molecule has 132 valence electrons. The summed E-state index contributed by atoms with van der Waals surface area (Å²) in [6.45, 7) is 2.12. The molecular formula is C18H18BrClN2O3. The number of ether oxygens (including phenoxy) is 1. The van der Waals surface area contributed by atoms with Gasteiger partial charge in [0.2, 0.25) is 5.91 Å². The van der Waals surface area contributed by atoms with Crippen molar-refractivity contribution in [1.82, 2.24) is 4.90 Å². The van der Waals surface area contributed by atoms with E-state index in [2.05, 4.69) is 21.2 Å². The molecule has 1 N–H and O–H groups in total. The number of benzene rings is 2. The highest BCUT2D eigenvalue weighted by Crippen LogP contribution is 2.24. The van der Waals surface area contributed by atoms with E-state index in [-0.39, 0.29) is 18.4 Å². The lowest BCUT2D eigenvalue weighted by Crippen LogP contribution is -2.38. The van der Waals surface area contributed by atoms with Crippen LogP contribution in [-0.2, 0) is 4.79 Å². The highest BCUT2D eigenvalue weighted by Gasteiger charge is 2.20. The molecule has 0 saturated carbocycles. The molecule has 0 radical (unpaired) electrons. The van der Waals surface area contributed by atoms with Gasteiger partial charge in [-0.3, -0.25) is 9.59 Å². The summed E-state index contributed by atoms with van der Waals surface area (Å²) in [7, 11) is 1.53. The zero-order valence-electron chi connectivity index (χ0n) is 13.9. The number of likely N-dealkylation sites (N-methyl/N-ethyl adjacent to an activating group) is 1. The zero-order valence-corrected chi connectivity index (χ0v) is 16.2. The van der Waals surface area contributed by atoms with Crippen LogP contribution in [-0.4, -0.2) is 36.9 Å². The lowest BCUT2D eigenvalue weighted by Gasteiger charge is -2.21. The van der Waals surface area contributed by atoms with Crippen LogP contribution in [0.4, 0.5) is 5.69 Å². The Labute approximate surface area is 160 Å². The van der Waals surface area contributed by atoms with E-state index in [1.807, 2.05) is 13.0 Å². The molecule has 0 saturated heterocycles. The summed E-state index contributed by atoms with van der Waals surface area (Å²) in [6, 6.07) is 12.1. The van der Waals surface area contributed by atoms with Gasteiger partial charge in [0.15, 0.2) is 0 Å². The fourth-order valence-corrected chi connectivity index (χ4v) is 2.86. The predicted octanol–water partition coefficient (Wildman–Crippen LogP) is 4.21. The lowest BCUT2D eigenvalue weighted by atomic mass is 10.2. The predicted molar refractivity (Wildman–Crippen MR) is 102 cm³/mol. The van der Waals surface area contributed by atoms with E-state index in [1.165, 1.54) is 12.0 Å². The Kier molecular flexibility index (Phi) is 6.84. The lowest BCUT2D eigenvalue weighted by molar-refractivity contribution is -0.116. The second kappa shape index (κ2) is 8.87. The number of hydrogen-bond donors (Lipinski definition) is 1. The van der Waals surface area contributed by atoms with Crippen LogP contribution in [0.25, 0.3) is 0 Å². The Morgan fingerprint density at radius 1 is 1.24 bits per heavy atom. The molecule has 0 bridgehead atoms. The molecule has 7 heteroatoms. The van der Waals surface area contributed by atoms with Crippen LogP contribution in [0.2, 0.25) is 5.02 Å². The third-order valence-electron chi connectivity index (χ3n) is 3.54. The number of para-hydroxylation sites is 2. The largest absolute Gasteiger partial charge is 0.495 e. The van der Waals surface area contributed by atoms with E-state index in [4.69, 9.17) is 16.3 Å². The highest BCUT2D eigenvalue weighted by atomic mass is 79.9. The first-order chi connectivity index (χ1) is 12.0. The normalized spacial score (nSPS) is 10.2. The first-order valence-corrected chi connectivity index (χ1v) is 8.80. The quantitative estimate of drug-likeness (QED) is 0.754. The molecule has 0 aliphatic heterocycles. The maximum atomic E-state index is 12.7. The molecule has 0 fully saturated rings. The molecular weight excluding hydrogens is 408 g/mol. The Morgan fingerprint density at radius 2 is 1.96 bits per heavy atom. The summed E-state index contributed by atoms with van der Waals surface area (Å²) in [5.74, 6) is -0.0206. The molecule has 5 nitrogen and oxygen atoms in total. The number of carbonyl (C=O) groups excluding carboxylic acids is 2. The van der Waals surface area contributed by atoms with Gasteiger partial charge in [0.25, 0.3) is 5.91 Å². The fraction of sp³-hybridized carbons (Fsp3) is 0.222. The van der Waals surface area contributed by atoms with E-state index >= 15 is 0 Å². The van der Waals surface area contributed by atoms with Crippen LogP contribution in [0.3, 0.4) is 0 Å². The standard InChI is InChI=1S/C18H18BrClN2O3/c1-3-22(18(24)13-10-12(20)8-9-14(13)19)11-17(23)21-15-6-4-5-7-16(15)25-2/h4-10H,3,11H2,1-2H3,(H,21,23). The zero-order chi connectivity index (χ0) is 18.4. The van der Waals surface area contributed by atoms with Crippen LogP contribution in [0.1, 0.15) is 17.3 Å². The Balaban J connectivity index is 2.12. The Morgan fingerprint density at radius 3 is 2.64 bits per heavy atom. The van der Waals surface area contributed by atoms with Crippen LogP contribution in [0, 0.1) is 0 Å².